The van der Waals surface area contributed by atoms with Gasteiger partial charge in [0.1, 0.15) is 5.75 Å². The molecule has 1 N–H and O–H groups in total. The van der Waals surface area contributed by atoms with Crippen LogP contribution in [-0.2, 0) is 11.3 Å². The predicted octanol–water partition coefficient (Wildman–Crippen LogP) is 4.64. The summed E-state index contributed by atoms with van der Waals surface area (Å²) in [6, 6.07) is 3.14. The average Bonchev–Trinajstić information content (AvgIpc) is 3.53. The van der Waals surface area contributed by atoms with Crippen LogP contribution in [0.2, 0.25) is 0 Å². The maximum Gasteiger partial charge on any atom is 0.422 e. The van der Waals surface area contributed by atoms with E-state index < -0.39 is 18.7 Å². The third kappa shape index (κ3) is 7.35. The number of ether oxygens (including phenoxy) is 2. The van der Waals surface area contributed by atoms with Crippen molar-refractivity contribution in [1.82, 2.24) is 20.0 Å². The van der Waals surface area contributed by atoms with Gasteiger partial charge in [-0.2, -0.15) is 18.3 Å². The Kier molecular flexibility index (Phi) is 8.14. The number of amides is 1. The number of piperidine rings is 1. The molecule has 7 nitrogen and oxygen atoms in total. The summed E-state index contributed by atoms with van der Waals surface area (Å²) < 4.78 is 51.5. The zero-order chi connectivity index (χ0) is 25.9. The van der Waals surface area contributed by atoms with Crippen molar-refractivity contribution in [3.05, 3.63) is 23.9 Å². The molecule has 1 aromatic heterocycles. The van der Waals surface area contributed by atoms with Gasteiger partial charge < -0.3 is 14.8 Å². The van der Waals surface area contributed by atoms with Crippen molar-refractivity contribution >= 4 is 16.8 Å². The van der Waals surface area contributed by atoms with Crippen molar-refractivity contribution in [2.24, 2.45) is 11.8 Å². The van der Waals surface area contributed by atoms with Crippen molar-refractivity contribution in [2.75, 3.05) is 39.5 Å². The molecule has 1 aliphatic carbocycles. The Morgan fingerprint density at radius 3 is 2.47 bits per heavy atom. The van der Waals surface area contributed by atoms with E-state index in [9.17, 15) is 18.0 Å². The molecule has 0 bridgehead atoms. The molecule has 10 heteroatoms. The van der Waals surface area contributed by atoms with Gasteiger partial charge in [0, 0.05) is 31.4 Å². The van der Waals surface area contributed by atoms with Crippen molar-refractivity contribution in [3.63, 3.8) is 0 Å². The van der Waals surface area contributed by atoms with Crippen molar-refractivity contribution < 1.29 is 27.4 Å². The zero-order valence-electron chi connectivity index (χ0n) is 21.4. The number of benzene rings is 1. The lowest BCUT2D eigenvalue weighted by Gasteiger charge is -2.40. The van der Waals surface area contributed by atoms with E-state index in [1.165, 1.54) is 18.9 Å². The van der Waals surface area contributed by atoms with Crippen LogP contribution < -0.4 is 10.1 Å². The fourth-order valence-corrected chi connectivity index (χ4v) is 4.62. The number of aromatic nitrogens is 2. The third-order valence-electron chi connectivity index (χ3n) is 6.90. The molecule has 1 aliphatic heterocycles. The van der Waals surface area contributed by atoms with E-state index in [1.54, 1.807) is 16.9 Å². The molecule has 1 saturated heterocycles. The summed E-state index contributed by atoms with van der Waals surface area (Å²) in [5.74, 6) is 0.463. The molecule has 2 heterocycles. The van der Waals surface area contributed by atoms with E-state index in [0.717, 1.165) is 25.9 Å². The predicted molar refractivity (Wildman–Crippen MR) is 131 cm³/mol. The quantitative estimate of drug-likeness (QED) is 0.472. The van der Waals surface area contributed by atoms with Crippen molar-refractivity contribution in [3.8, 4) is 5.75 Å². The molecule has 4 rings (SSSR count). The van der Waals surface area contributed by atoms with Gasteiger partial charge in [-0.3, -0.25) is 14.4 Å². The lowest BCUT2D eigenvalue weighted by molar-refractivity contribution is -0.153. The second kappa shape index (κ2) is 11.0. The molecule has 0 radical (unpaired) electrons. The second-order valence-electron chi connectivity index (χ2n) is 11.0. The number of fused-ring (bicyclic) bond motifs is 1. The van der Waals surface area contributed by atoms with Crippen LogP contribution in [0.25, 0.3) is 10.9 Å². The number of halogens is 3. The molecular weight excluding hydrogens is 473 g/mol. The standard InChI is InChI=1S/C26H37F3N4O3/c1-25(2,3)32-11-8-18(9-12-32)14-33-15-21-22(31-33)7-6-20(23(21)36-17-26(27,28)29)24(34)30-10-13-35-16-19-4-5-19/h6-7,15,18-19H,4-5,8-14,16-17H2,1-3H3,(H,30,34). The number of alkyl halides is 3. The fourth-order valence-electron chi connectivity index (χ4n) is 4.62. The van der Waals surface area contributed by atoms with E-state index in [4.69, 9.17) is 9.47 Å². The highest BCUT2D eigenvalue weighted by atomic mass is 19.4. The van der Waals surface area contributed by atoms with Gasteiger partial charge in [-0.05, 0) is 83.5 Å². The van der Waals surface area contributed by atoms with Gasteiger partial charge in [-0.1, -0.05) is 0 Å². The molecule has 1 amide bonds. The van der Waals surface area contributed by atoms with E-state index in [0.29, 0.717) is 42.5 Å². The second-order valence-corrected chi connectivity index (χ2v) is 11.0. The summed E-state index contributed by atoms with van der Waals surface area (Å²) >= 11 is 0. The van der Waals surface area contributed by atoms with E-state index >= 15 is 0 Å². The summed E-state index contributed by atoms with van der Waals surface area (Å²) in [7, 11) is 0. The number of likely N-dealkylation sites (tertiary alicyclic amines) is 1. The van der Waals surface area contributed by atoms with Gasteiger partial charge >= 0.3 is 6.18 Å². The van der Waals surface area contributed by atoms with Gasteiger partial charge in [0.25, 0.3) is 5.91 Å². The van der Waals surface area contributed by atoms with Crippen LogP contribution in [0.5, 0.6) is 5.75 Å². The molecule has 200 valence electrons. The van der Waals surface area contributed by atoms with Crippen LogP contribution in [0.4, 0.5) is 13.2 Å². The topological polar surface area (TPSA) is 68.6 Å². The molecule has 0 atom stereocenters. The Hall–Kier alpha value is -2.33. The van der Waals surface area contributed by atoms with Crippen molar-refractivity contribution in [1.29, 1.82) is 0 Å². The number of nitrogens with one attached hydrogen (secondary N) is 1. The summed E-state index contributed by atoms with van der Waals surface area (Å²) in [6.45, 7) is 9.15. The van der Waals surface area contributed by atoms with Crippen LogP contribution in [0.1, 0.15) is 56.8 Å². The van der Waals surface area contributed by atoms with Crippen LogP contribution in [0.15, 0.2) is 18.3 Å². The Morgan fingerprint density at radius 2 is 1.83 bits per heavy atom. The molecule has 1 saturated carbocycles. The average molecular weight is 511 g/mol. The van der Waals surface area contributed by atoms with Crippen molar-refractivity contribution in [2.45, 2.75) is 64.7 Å². The van der Waals surface area contributed by atoms with Gasteiger partial charge in [0.05, 0.1) is 23.1 Å². The first-order chi connectivity index (χ1) is 17.0. The van der Waals surface area contributed by atoms with E-state index in [2.05, 4.69) is 36.1 Å². The normalized spacial score (nSPS) is 18.1. The molecule has 36 heavy (non-hydrogen) atoms. The van der Waals surface area contributed by atoms with Crippen LogP contribution in [-0.4, -0.2) is 71.8 Å². The van der Waals surface area contributed by atoms with E-state index in [-0.39, 0.29) is 23.4 Å². The zero-order valence-corrected chi connectivity index (χ0v) is 21.4. The Morgan fingerprint density at radius 1 is 1.11 bits per heavy atom. The first-order valence-corrected chi connectivity index (χ1v) is 12.8. The lowest BCUT2D eigenvalue weighted by Crippen LogP contribution is -2.46. The minimum atomic E-state index is -4.52. The minimum absolute atomic E-state index is 0.0620. The maximum atomic E-state index is 13.0. The van der Waals surface area contributed by atoms with E-state index in [1.807, 2.05) is 0 Å². The third-order valence-corrected chi connectivity index (χ3v) is 6.90. The Bertz CT molecular complexity index is 1040. The van der Waals surface area contributed by atoms with Crippen LogP contribution in [0, 0.1) is 11.8 Å². The first-order valence-electron chi connectivity index (χ1n) is 12.8. The highest BCUT2D eigenvalue weighted by Crippen LogP contribution is 2.32. The largest absolute Gasteiger partial charge is 0.483 e. The number of hydrogen-bond acceptors (Lipinski definition) is 5. The smallest absolute Gasteiger partial charge is 0.422 e. The Labute approximate surface area is 210 Å². The first kappa shape index (κ1) is 26.7. The lowest BCUT2D eigenvalue weighted by atomic mass is 9.93. The highest BCUT2D eigenvalue weighted by Gasteiger charge is 2.31. The Balaban J connectivity index is 1.45. The summed E-state index contributed by atoms with van der Waals surface area (Å²) in [5, 5.41) is 7.71. The fraction of sp³-hybridized carbons (Fsp3) is 0.692. The molecule has 1 aromatic carbocycles. The molecule has 0 spiro atoms. The summed E-state index contributed by atoms with van der Waals surface area (Å²) in [6.07, 6.45) is 1.59. The molecule has 0 unspecified atom stereocenters. The number of rotatable bonds is 10. The molecular formula is C26H37F3N4O3. The number of hydrogen-bond donors (Lipinski definition) is 1. The van der Waals surface area contributed by atoms with Gasteiger partial charge in [0.15, 0.2) is 6.61 Å². The molecule has 2 aliphatic rings. The number of nitrogens with zero attached hydrogens (tertiary/aromatic N) is 3. The van der Waals surface area contributed by atoms with Gasteiger partial charge in [0.2, 0.25) is 0 Å². The van der Waals surface area contributed by atoms with Crippen LogP contribution in [0.3, 0.4) is 0 Å². The number of carbonyl (C=O) groups is 1. The monoisotopic (exact) mass is 510 g/mol. The SMILES string of the molecule is CC(C)(C)N1CCC(Cn2cc3c(OCC(F)(F)F)c(C(=O)NCCOCC4CC4)ccc3n2)CC1. The molecule has 2 aromatic rings. The maximum absolute atomic E-state index is 13.0. The van der Waals surface area contributed by atoms with Gasteiger partial charge in [-0.25, -0.2) is 0 Å². The summed E-state index contributed by atoms with van der Waals surface area (Å²) in [5.41, 5.74) is 0.701. The highest BCUT2D eigenvalue weighted by molar-refractivity contribution is 6.03. The minimum Gasteiger partial charge on any atom is -0.483 e. The van der Waals surface area contributed by atoms with Gasteiger partial charge in [-0.15, -0.1) is 0 Å². The number of carbonyl (C=O) groups excluding carboxylic acids is 1. The molecule has 2 fully saturated rings. The van der Waals surface area contributed by atoms with Crippen LogP contribution >= 0.6 is 0 Å². The summed E-state index contributed by atoms with van der Waals surface area (Å²) in [4.78, 5) is 15.3.